The van der Waals surface area contributed by atoms with Gasteiger partial charge >= 0.3 is 0 Å². The normalized spacial score (nSPS) is 15.1. The number of benzene rings is 3. The molecule has 0 aliphatic carbocycles. The average molecular weight is 463 g/mol. The minimum atomic E-state index is 0.567. The predicted molar refractivity (Wildman–Crippen MR) is 141 cm³/mol. The summed E-state index contributed by atoms with van der Waals surface area (Å²) in [5, 5.41) is 1.12. The number of fused-ring (bicyclic) bond motifs is 3. The largest absolute Gasteiger partial charge is 0.437 e. The van der Waals surface area contributed by atoms with Crippen LogP contribution >= 0.6 is 0 Å². The molecule has 0 N–H and O–H groups in total. The monoisotopic (exact) mass is 462 g/mol. The molecular weight excluding hydrogens is 432 g/mol. The molecule has 0 bridgehead atoms. The van der Waals surface area contributed by atoms with Crippen LogP contribution in [-0.4, -0.2) is 32.5 Å². The molecule has 0 unspecified atom stereocenters. The van der Waals surface area contributed by atoms with Gasteiger partial charge in [-0.3, -0.25) is 4.90 Å². The number of aryl methyl sites for hydroxylation is 1. The molecule has 5 nitrogen and oxygen atoms in total. The molecule has 2 aromatic heterocycles. The third-order valence-electron chi connectivity index (χ3n) is 7.11. The van der Waals surface area contributed by atoms with Crippen molar-refractivity contribution in [2.75, 3.05) is 13.1 Å². The van der Waals surface area contributed by atoms with Crippen molar-refractivity contribution < 1.29 is 4.74 Å². The number of hydrogen-bond acceptors (Lipinski definition) is 4. The molecule has 1 aliphatic rings. The number of para-hydroxylation sites is 2. The summed E-state index contributed by atoms with van der Waals surface area (Å²) in [6, 6.07) is 28.9. The van der Waals surface area contributed by atoms with Gasteiger partial charge in [0.2, 0.25) is 5.88 Å². The van der Waals surface area contributed by atoms with Gasteiger partial charge in [0.15, 0.2) is 5.52 Å². The van der Waals surface area contributed by atoms with E-state index in [9.17, 15) is 0 Å². The van der Waals surface area contributed by atoms with Crippen LogP contribution in [0.3, 0.4) is 0 Å². The summed E-state index contributed by atoms with van der Waals surface area (Å²) in [4.78, 5) is 12.1. The fourth-order valence-corrected chi connectivity index (χ4v) is 5.19. The molecule has 5 heteroatoms. The molecule has 1 saturated heterocycles. The smallest absolute Gasteiger partial charge is 0.248 e. The van der Waals surface area contributed by atoms with Crippen LogP contribution in [0.4, 0.5) is 0 Å². The zero-order chi connectivity index (χ0) is 23.5. The molecular formula is C30H30N4O. The fraction of sp³-hybridized carbons (Fsp3) is 0.267. The van der Waals surface area contributed by atoms with Gasteiger partial charge in [-0.2, -0.15) is 0 Å². The van der Waals surface area contributed by atoms with Gasteiger partial charge in [-0.25, -0.2) is 9.97 Å². The quantitative estimate of drug-likeness (QED) is 0.271. The lowest BCUT2D eigenvalue weighted by Gasteiger charge is -2.32. The number of nitrogens with zero attached hydrogens (tertiary/aromatic N) is 4. The number of rotatable bonds is 7. The Labute approximate surface area is 206 Å². The fourth-order valence-electron chi connectivity index (χ4n) is 5.19. The van der Waals surface area contributed by atoms with E-state index in [2.05, 4.69) is 51.9 Å². The molecule has 1 aliphatic heterocycles. The summed E-state index contributed by atoms with van der Waals surface area (Å²) in [5.74, 6) is 2.08. The summed E-state index contributed by atoms with van der Waals surface area (Å²) in [7, 11) is 0. The van der Waals surface area contributed by atoms with E-state index in [1.807, 2.05) is 48.8 Å². The number of imidazole rings is 1. The Bertz CT molecular complexity index is 1410. The van der Waals surface area contributed by atoms with Crippen LogP contribution < -0.4 is 4.74 Å². The second-order valence-electron chi connectivity index (χ2n) is 9.48. The zero-order valence-corrected chi connectivity index (χ0v) is 19.9. The van der Waals surface area contributed by atoms with Crippen LogP contribution in [0.15, 0.2) is 91.3 Å². The number of hydrogen-bond donors (Lipinski definition) is 0. The Morgan fingerprint density at radius 3 is 2.34 bits per heavy atom. The first-order valence-corrected chi connectivity index (χ1v) is 12.6. The number of likely N-dealkylation sites (tertiary alicyclic amines) is 1. The first kappa shape index (κ1) is 21.8. The van der Waals surface area contributed by atoms with E-state index >= 15 is 0 Å². The Morgan fingerprint density at radius 2 is 1.54 bits per heavy atom. The summed E-state index contributed by atoms with van der Waals surface area (Å²) < 4.78 is 8.47. The van der Waals surface area contributed by atoms with Gasteiger partial charge in [0.1, 0.15) is 5.75 Å². The maximum Gasteiger partial charge on any atom is 0.248 e. The maximum atomic E-state index is 6.18. The van der Waals surface area contributed by atoms with E-state index in [4.69, 9.17) is 14.7 Å². The standard InChI is InChI=1S/C30H30N4O/c1-3-9-24(10-4-1)21-33-18-15-23(16-19-33)17-20-34-22-31-28-29(34)26-13-7-8-14-27(26)32-30(28)35-25-11-5-2-6-12-25/h1-14,22-23H,15-21H2. The lowest BCUT2D eigenvalue weighted by molar-refractivity contribution is 0.169. The molecule has 3 heterocycles. The second kappa shape index (κ2) is 9.88. The minimum Gasteiger partial charge on any atom is -0.437 e. The molecule has 1 fully saturated rings. The van der Waals surface area contributed by atoms with Gasteiger partial charge in [0.05, 0.1) is 17.4 Å². The lowest BCUT2D eigenvalue weighted by atomic mass is 9.93. The topological polar surface area (TPSA) is 43.2 Å². The van der Waals surface area contributed by atoms with E-state index < -0.39 is 0 Å². The van der Waals surface area contributed by atoms with Gasteiger partial charge in [0, 0.05) is 18.5 Å². The third kappa shape index (κ3) is 4.77. The van der Waals surface area contributed by atoms with Crippen molar-refractivity contribution in [3.8, 4) is 11.6 Å². The van der Waals surface area contributed by atoms with Crippen molar-refractivity contribution in [1.29, 1.82) is 0 Å². The van der Waals surface area contributed by atoms with Crippen LogP contribution in [0.25, 0.3) is 21.9 Å². The van der Waals surface area contributed by atoms with Gasteiger partial charge in [-0.15, -0.1) is 0 Å². The van der Waals surface area contributed by atoms with Gasteiger partial charge in [-0.1, -0.05) is 66.7 Å². The summed E-state index contributed by atoms with van der Waals surface area (Å²) >= 11 is 0. The maximum absolute atomic E-state index is 6.18. The Balaban J connectivity index is 1.18. The second-order valence-corrected chi connectivity index (χ2v) is 9.48. The van der Waals surface area contributed by atoms with Crippen LogP contribution in [0.5, 0.6) is 11.6 Å². The van der Waals surface area contributed by atoms with Crippen molar-refractivity contribution in [3.05, 3.63) is 96.8 Å². The first-order valence-electron chi connectivity index (χ1n) is 12.6. The van der Waals surface area contributed by atoms with Crippen molar-refractivity contribution in [1.82, 2.24) is 19.4 Å². The van der Waals surface area contributed by atoms with Crippen LogP contribution in [0, 0.1) is 5.92 Å². The molecule has 0 radical (unpaired) electrons. The molecule has 6 rings (SSSR count). The van der Waals surface area contributed by atoms with Crippen molar-refractivity contribution in [2.45, 2.75) is 32.4 Å². The molecule has 5 aromatic rings. The summed E-state index contributed by atoms with van der Waals surface area (Å²) in [5.41, 5.74) is 4.28. The number of aromatic nitrogens is 3. The Hall–Kier alpha value is -3.70. The molecule has 0 spiro atoms. The SMILES string of the molecule is c1ccc(CN2CCC(CCn3cnc4c(Oc5ccccc5)nc5ccccc5c43)CC2)cc1. The highest BCUT2D eigenvalue weighted by Crippen LogP contribution is 2.33. The van der Waals surface area contributed by atoms with Gasteiger partial charge in [0.25, 0.3) is 0 Å². The number of piperidine rings is 1. The van der Waals surface area contributed by atoms with Crippen molar-refractivity contribution in [2.24, 2.45) is 5.92 Å². The molecule has 176 valence electrons. The highest BCUT2D eigenvalue weighted by Gasteiger charge is 2.21. The van der Waals surface area contributed by atoms with Gasteiger partial charge < -0.3 is 9.30 Å². The van der Waals surface area contributed by atoms with Crippen LogP contribution in [-0.2, 0) is 13.1 Å². The Morgan fingerprint density at radius 1 is 0.829 bits per heavy atom. The molecule has 0 atom stereocenters. The average Bonchev–Trinajstić information content (AvgIpc) is 3.34. The highest BCUT2D eigenvalue weighted by atomic mass is 16.5. The third-order valence-corrected chi connectivity index (χ3v) is 7.11. The van der Waals surface area contributed by atoms with E-state index in [0.29, 0.717) is 5.88 Å². The first-order chi connectivity index (χ1) is 17.3. The molecule has 35 heavy (non-hydrogen) atoms. The number of ether oxygens (including phenoxy) is 1. The number of pyridine rings is 1. The van der Waals surface area contributed by atoms with E-state index in [1.54, 1.807) is 0 Å². The minimum absolute atomic E-state index is 0.567. The molecule has 0 amide bonds. The molecule has 3 aromatic carbocycles. The molecule has 0 saturated carbocycles. The van der Waals surface area contributed by atoms with Crippen molar-refractivity contribution >= 4 is 21.9 Å². The highest BCUT2D eigenvalue weighted by molar-refractivity contribution is 6.04. The zero-order valence-electron chi connectivity index (χ0n) is 19.9. The van der Waals surface area contributed by atoms with E-state index in [0.717, 1.165) is 53.1 Å². The predicted octanol–water partition coefficient (Wildman–Crippen LogP) is 6.68. The van der Waals surface area contributed by atoms with Gasteiger partial charge in [-0.05, 0) is 62.0 Å². The van der Waals surface area contributed by atoms with Crippen LogP contribution in [0.2, 0.25) is 0 Å². The van der Waals surface area contributed by atoms with E-state index in [-0.39, 0.29) is 0 Å². The van der Waals surface area contributed by atoms with Crippen LogP contribution in [0.1, 0.15) is 24.8 Å². The summed E-state index contributed by atoms with van der Waals surface area (Å²) in [6.45, 7) is 4.36. The Kier molecular flexibility index (Phi) is 6.16. The summed E-state index contributed by atoms with van der Waals surface area (Å²) in [6.07, 6.45) is 5.63. The van der Waals surface area contributed by atoms with Crippen molar-refractivity contribution in [3.63, 3.8) is 0 Å². The lowest BCUT2D eigenvalue weighted by Crippen LogP contribution is -2.33. The van der Waals surface area contributed by atoms with E-state index in [1.165, 1.54) is 31.5 Å².